The maximum Gasteiger partial charge on any atom is 0.334 e. The Bertz CT molecular complexity index is 704. The fourth-order valence-corrected chi connectivity index (χ4v) is 3.77. The third-order valence-corrected chi connectivity index (χ3v) is 5.54. The Hall–Kier alpha value is -1.10. The smallest absolute Gasteiger partial charge is 0.297 e. The molecule has 0 saturated heterocycles. The second kappa shape index (κ2) is 6.12. The van der Waals surface area contributed by atoms with Crippen molar-refractivity contribution in [2.24, 2.45) is 0 Å². The van der Waals surface area contributed by atoms with Crippen molar-refractivity contribution in [1.82, 2.24) is 4.57 Å². The van der Waals surface area contributed by atoms with E-state index in [0.29, 0.717) is 19.2 Å². The Balaban J connectivity index is 2.48. The molecule has 0 unspecified atom stereocenters. The summed E-state index contributed by atoms with van der Waals surface area (Å²) in [6.45, 7) is 0. The zero-order valence-corrected chi connectivity index (χ0v) is 15.0. The van der Waals surface area contributed by atoms with E-state index in [-0.39, 0.29) is 6.03 Å². The average molecular weight is 462 g/mol. The summed E-state index contributed by atoms with van der Waals surface area (Å²) in [5.74, 6) is 0. The monoisotopic (exact) mass is 459 g/mol. The zero-order chi connectivity index (χ0) is 14.9. The molecule has 0 saturated carbocycles. The van der Waals surface area contributed by atoms with Crippen LogP contribution in [0.1, 0.15) is 5.56 Å². The summed E-state index contributed by atoms with van der Waals surface area (Å²) >= 11 is 9.90. The SMILES string of the molecule is CN(C(=O)n1c(Br)c(Br)c(C#N)c1Br)c1ccccc1. The molecule has 1 aromatic heterocycles. The van der Waals surface area contributed by atoms with Gasteiger partial charge in [0.1, 0.15) is 20.8 Å². The number of amides is 1. The number of carbonyl (C=O) groups is 1. The number of para-hydroxylation sites is 1. The van der Waals surface area contributed by atoms with Gasteiger partial charge in [-0.25, -0.2) is 9.36 Å². The number of nitriles is 1. The van der Waals surface area contributed by atoms with Crippen molar-refractivity contribution in [3.05, 3.63) is 49.6 Å². The lowest BCUT2D eigenvalue weighted by molar-refractivity contribution is 0.248. The quantitative estimate of drug-likeness (QED) is 0.615. The van der Waals surface area contributed by atoms with Gasteiger partial charge in [0.2, 0.25) is 0 Å². The molecule has 0 radical (unpaired) electrons. The molecule has 102 valence electrons. The normalized spacial score (nSPS) is 10.2. The lowest BCUT2D eigenvalue weighted by atomic mass is 10.3. The molecule has 0 aliphatic carbocycles. The van der Waals surface area contributed by atoms with E-state index in [1.54, 1.807) is 7.05 Å². The molecule has 20 heavy (non-hydrogen) atoms. The Labute approximate surface area is 141 Å². The summed E-state index contributed by atoms with van der Waals surface area (Å²) in [4.78, 5) is 14.1. The largest absolute Gasteiger partial charge is 0.334 e. The van der Waals surface area contributed by atoms with Crippen molar-refractivity contribution < 1.29 is 4.79 Å². The van der Waals surface area contributed by atoms with Crippen molar-refractivity contribution >= 4 is 59.5 Å². The topological polar surface area (TPSA) is 49.0 Å². The fraction of sp³-hybridized carbons (Fsp3) is 0.0769. The summed E-state index contributed by atoms with van der Waals surface area (Å²) in [6, 6.07) is 11.0. The highest BCUT2D eigenvalue weighted by Crippen LogP contribution is 2.36. The molecule has 7 heteroatoms. The number of benzene rings is 1. The first-order valence-corrected chi connectivity index (χ1v) is 7.85. The predicted molar refractivity (Wildman–Crippen MR) is 87.9 cm³/mol. The average Bonchev–Trinajstić information content (AvgIpc) is 2.68. The van der Waals surface area contributed by atoms with Crippen LogP contribution in [0.25, 0.3) is 0 Å². The molecular formula is C13H8Br3N3O. The van der Waals surface area contributed by atoms with Gasteiger partial charge in [-0.15, -0.1) is 0 Å². The molecule has 0 bridgehead atoms. The zero-order valence-electron chi connectivity index (χ0n) is 10.3. The van der Waals surface area contributed by atoms with Crippen LogP contribution in [0.5, 0.6) is 0 Å². The van der Waals surface area contributed by atoms with Crippen molar-refractivity contribution in [2.75, 3.05) is 11.9 Å². The molecule has 1 heterocycles. The number of aromatic nitrogens is 1. The maximum atomic E-state index is 12.6. The summed E-state index contributed by atoms with van der Waals surface area (Å²) < 4.78 is 2.83. The Kier molecular flexibility index (Phi) is 4.68. The third kappa shape index (κ3) is 2.55. The highest BCUT2D eigenvalue weighted by molar-refractivity contribution is 9.13. The third-order valence-electron chi connectivity index (χ3n) is 2.73. The van der Waals surface area contributed by atoms with E-state index in [1.807, 2.05) is 36.4 Å². The first kappa shape index (κ1) is 15.3. The first-order chi connectivity index (χ1) is 9.49. The molecule has 2 rings (SSSR count). The highest BCUT2D eigenvalue weighted by atomic mass is 79.9. The van der Waals surface area contributed by atoms with Gasteiger partial charge >= 0.3 is 6.03 Å². The van der Waals surface area contributed by atoms with Crippen LogP contribution < -0.4 is 4.90 Å². The van der Waals surface area contributed by atoms with Crippen LogP contribution in [0.4, 0.5) is 10.5 Å². The summed E-state index contributed by atoms with van der Waals surface area (Å²) in [5.41, 5.74) is 1.13. The number of nitrogens with zero attached hydrogens (tertiary/aromatic N) is 3. The summed E-state index contributed by atoms with van der Waals surface area (Å²) in [5, 5.41) is 9.11. The Morgan fingerprint density at radius 2 is 1.80 bits per heavy atom. The lowest BCUT2D eigenvalue weighted by Crippen LogP contribution is -2.31. The minimum atomic E-state index is -0.280. The molecule has 0 aliphatic rings. The van der Waals surface area contributed by atoms with E-state index in [0.717, 1.165) is 5.69 Å². The summed E-state index contributed by atoms with van der Waals surface area (Å²) in [7, 11) is 1.68. The van der Waals surface area contributed by atoms with Crippen molar-refractivity contribution in [1.29, 1.82) is 5.26 Å². The van der Waals surface area contributed by atoms with E-state index in [2.05, 4.69) is 47.8 Å². The minimum absolute atomic E-state index is 0.280. The molecule has 4 nitrogen and oxygen atoms in total. The number of rotatable bonds is 1. The molecular weight excluding hydrogens is 454 g/mol. The molecule has 1 amide bonds. The fourth-order valence-electron chi connectivity index (χ4n) is 1.67. The lowest BCUT2D eigenvalue weighted by Gasteiger charge is -2.18. The Morgan fingerprint density at radius 1 is 1.20 bits per heavy atom. The number of hydrogen-bond donors (Lipinski definition) is 0. The van der Waals surface area contributed by atoms with E-state index in [9.17, 15) is 4.79 Å². The molecule has 0 fully saturated rings. The Morgan fingerprint density at radius 3 is 2.30 bits per heavy atom. The van der Waals surface area contributed by atoms with Gasteiger partial charge in [0.05, 0.1) is 4.47 Å². The number of carbonyl (C=O) groups excluding carboxylic acids is 1. The molecule has 0 N–H and O–H groups in total. The van der Waals surface area contributed by atoms with Crippen LogP contribution in [0.3, 0.4) is 0 Å². The second-order valence-corrected chi connectivity index (χ2v) is 6.19. The van der Waals surface area contributed by atoms with E-state index in [1.165, 1.54) is 9.47 Å². The molecule has 0 atom stereocenters. The van der Waals surface area contributed by atoms with Crippen LogP contribution in [0, 0.1) is 11.3 Å². The van der Waals surface area contributed by atoms with Gasteiger partial charge in [0.15, 0.2) is 0 Å². The van der Waals surface area contributed by atoms with Crippen LogP contribution in [-0.4, -0.2) is 17.6 Å². The number of halogens is 3. The van der Waals surface area contributed by atoms with Crippen molar-refractivity contribution in [2.45, 2.75) is 0 Å². The van der Waals surface area contributed by atoms with Crippen LogP contribution in [0.2, 0.25) is 0 Å². The van der Waals surface area contributed by atoms with Gasteiger partial charge in [-0.3, -0.25) is 4.90 Å². The predicted octanol–water partition coefficient (Wildman–Crippen LogP) is 4.75. The van der Waals surface area contributed by atoms with Crippen molar-refractivity contribution in [3.8, 4) is 6.07 Å². The van der Waals surface area contributed by atoms with Gasteiger partial charge in [0, 0.05) is 12.7 Å². The van der Waals surface area contributed by atoms with Gasteiger partial charge in [-0.2, -0.15) is 5.26 Å². The molecule has 2 aromatic rings. The van der Waals surface area contributed by atoms with Crippen LogP contribution >= 0.6 is 47.8 Å². The molecule has 0 spiro atoms. The summed E-state index contributed by atoms with van der Waals surface area (Å²) in [6.07, 6.45) is 0. The van der Waals surface area contributed by atoms with Gasteiger partial charge in [-0.1, -0.05) is 18.2 Å². The van der Waals surface area contributed by atoms with E-state index < -0.39 is 0 Å². The van der Waals surface area contributed by atoms with Gasteiger partial charge in [-0.05, 0) is 59.9 Å². The standard InChI is InChI=1S/C13H8Br3N3O/c1-18(8-5-3-2-4-6-8)13(20)19-11(15)9(7-17)10(14)12(19)16/h2-6H,1H3. The maximum absolute atomic E-state index is 12.6. The minimum Gasteiger partial charge on any atom is -0.297 e. The number of hydrogen-bond acceptors (Lipinski definition) is 2. The first-order valence-electron chi connectivity index (χ1n) is 5.47. The molecule has 1 aromatic carbocycles. The van der Waals surface area contributed by atoms with Crippen LogP contribution in [-0.2, 0) is 0 Å². The van der Waals surface area contributed by atoms with Crippen molar-refractivity contribution in [3.63, 3.8) is 0 Å². The highest BCUT2D eigenvalue weighted by Gasteiger charge is 2.25. The van der Waals surface area contributed by atoms with Gasteiger partial charge < -0.3 is 0 Å². The van der Waals surface area contributed by atoms with Crippen LogP contribution in [0.15, 0.2) is 44.0 Å². The molecule has 0 aliphatic heterocycles. The second-order valence-electron chi connectivity index (χ2n) is 3.89. The van der Waals surface area contributed by atoms with Gasteiger partial charge in [0.25, 0.3) is 0 Å². The van der Waals surface area contributed by atoms with E-state index in [4.69, 9.17) is 5.26 Å². The number of anilines is 1. The van der Waals surface area contributed by atoms with E-state index >= 15 is 0 Å².